The van der Waals surface area contributed by atoms with E-state index < -0.39 is 5.91 Å². The molecule has 1 N–H and O–H groups in total. The predicted octanol–water partition coefficient (Wildman–Crippen LogP) is 4.48. The molecule has 0 spiro atoms. The quantitative estimate of drug-likeness (QED) is 0.606. The van der Waals surface area contributed by atoms with Crippen molar-refractivity contribution < 1.29 is 13.9 Å². The average Bonchev–Trinajstić information content (AvgIpc) is 3.15. The number of anilines is 2. The second kappa shape index (κ2) is 8.65. The van der Waals surface area contributed by atoms with Crippen molar-refractivity contribution >= 4 is 35.2 Å². The first-order valence-corrected chi connectivity index (χ1v) is 9.10. The summed E-state index contributed by atoms with van der Waals surface area (Å²) < 4.78 is 11.0. The summed E-state index contributed by atoms with van der Waals surface area (Å²) in [5.41, 5.74) is 0.321. The zero-order valence-corrected chi connectivity index (χ0v) is 15.8. The van der Waals surface area contributed by atoms with Crippen LogP contribution < -0.4 is 15.0 Å². The molecule has 1 aromatic heterocycles. The zero-order valence-electron chi connectivity index (χ0n) is 15.0. The molecule has 1 aliphatic rings. The maximum Gasteiger partial charge on any atom is 0.266 e. The third-order valence-corrected chi connectivity index (χ3v) is 4.58. The Labute approximate surface area is 163 Å². The average molecular weight is 386 g/mol. The number of hydrogen-bond donors (Lipinski definition) is 1. The number of rotatable bonds is 5. The normalized spacial score (nSPS) is 14.6. The minimum absolute atomic E-state index is 0.0726. The molecular weight excluding hydrogens is 366 g/mol. The molecule has 6 nitrogen and oxygen atoms in total. The Bertz CT molecular complexity index is 892. The second-order valence-corrected chi connectivity index (χ2v) is 6.63. The molecule has 3 rings (SSSR count). The van der Waals surface area contributed by atoms with Crippen molar-refractivity contribution in [2.24, 2.45) is 0 Å². The van der Waals surface area contributed by atoms with Crippen LogP contribution in [0.3, 0.4) is 0 Å². The number of ether oxygens (including phenoxy) is 1. The van der Waals surface area contributed by atoms with Crippen LogP contribution >= 0.6 is 11.6 Å². The Hall–Kier alpha value is -2.91. The first-order valence-electron chi connectivity index (χ1n) is 8.72. The number of halogens is 1. The van der Waals surface area contributed by atoms with E-state index in [2.05, 4.69) is 10.2 Å². The van der Waals surface area contributed by atoms with Gasteiger partial charge in [-0.3, -0.25) is 4.79 Å². The zero-order chi connectivity index (χ0) is 19.2. The van der Waals surface area contributed by atoms with Crippen LogP contribution in [0, 0.1) is 11.3 Å². The summed E-state index contributed by atoms with van der Waals surface area (Å²) in [6.07, 6.45) is 4.94. The number of nitrogens with zero attached hydrogens (tertiary/aromatic N) is 2. The van der Waals surface area contributed by atoms with Gasteiger partial charge in [-0.05, 0) is 43.5 Å². The van der Waals surface area contributed by atoms with Crippen LogP contribution in [0.5, 0.6) is 5.75 Å². The fourth-order valence-corrected chi connectivity index (χ4v) is 3.13. The molecule has 2 heterocycles. The molecule has 0 radical (unpaired) electrons. The molecule has 0 bridgehead atoms. The number of benzene rings is 1. The lowest BCUT2D eigenvalue weighted by Crippen LogP contribution is -2.28. The Morgan fingerprint density at radius 1 is 1.30 bits per heavy atom. The Morgan fingerprint density at radius 3 is 2.78 bits per heavy atom. The maximum absolute atomic E-state index is 12.5. The van der Waals surface area contributed by atoms with Gasteiger partial charge in [0, 0.05) is 30.3 Å². The van der Waals surface area contributed by atoms with E-state index in [-0.39, 0.29) is 5.57 Å². The van der Waals surface area contributed by atoms with Crippen LogP contribution in [-0.4, -0.2) is 26.1 Å². The summed E-state index contributed by atoms with van der Waals surface area (Å²) >= 11 is 5.97. The van der Waals surface area contributed by atoms with Gasteiger partial charge in [-0.25, -0.2) is 0 Å². The lowest BCUT2D eigenvalue weighted by atomic mass is 10.1. The van der Waals surface area contributed by atoms with Crippen LogP contribution in [0.15, 0.2) is 40.3 Å². The Kier molecular flexibility index (Phi) is 6.05. The predicted molar refractivity (Wildman–Crippen MR) is 105 cm³/mol. The number of nitriles is 1. The lowest BCUT2D eigenvalue weighted by molar-refractivity contribution is -0.112. The van der Waals surface area contributed by atoms with Crippen molar-refractivity contribution in [1.29, 1.82) is 5.26 Å². The summed E-state index contributed by atoms with van der Waals surface area (Å²) in [5.74, 6) is 1.11. The lowest BCUT2D eigenvalue weighted by Gasteiger charge is -2.25. The Morgan fingerprint density at radius 2 is 2.07 bits per heavy atom. The summed E-state index contributed by atoms with van der Waals surface area (Å²) in [4.78, 5) is 14.7. The van der Waals surface area contributed by atoms with Crippen molar-refractivity contribution in [1.82, 2.24) is 0 Å². The van der Waals surface area contributed by atoms with E-state index in [1.54, 1.807) is 24.3 Å². The SMILES string of the molecule is COc1ccc(Cl)cc1NC(=O)C(C#N)=Cc1ccc(N2CCCCC2)o1. The smallest absolute Gasteiger partial charge is 0.266 e. The summed E-state index contributed by atoms with van der Waals surface area (Å²) in [7, 11) is 1.49. The summed E-state index contributed by atoms with van der Waals surface area (Å²) in [6, 6.07) is 10.4. The number of carbonyl (C=O) groups excluding carboxylic acids is 1. The van der Waals surface area contributed by atoms with Gasteiger partial charge in [0.2, 0.25) is 0 Å². The van der Waals surface area contributed by atoms with Crippen LogP contribution in [0.2, 0.25) is 5.02 Å². The maximum atomic E-state index is 12.5. The van der Waals surface area contributed by atoms with Crippen LogP contribution in [0.4, 0.5) is 11.6 Å². The van der Waals surface area contributed by atoms with E-state index in [4.69, 9.17) is 20.8 Å². The number of hydrogen-bond acceptors (Lipinski definition) is 5. The minimum Gasteiger partial charge on any atom is -0.495 e. The third-order valence-electron chi connectivity index (χ3n) is 4.34. The summed E-state index contributed by atoms with van der Waals surface area (Å²) in [5, 5.41) is 12.5. The van der Waals surface area contributed by atoms with E-state index in [0.717, 1.165) is 31.8 Å². The van der Waals surface area contributed by atoms with Crippen molar-refractivity contribution in [3.05, 3.63) is 46.7 Å². The number of methoxy groups -OCH3 is 1. The highest BCUT2D eigenvalue weighted by Gasteiger charge is 2.16. The van der Waals surface area contributed by atoms with Gasteiger partial charge in [-0.2, -0.15) is 5.26 Å². The van der Waals surface area contributed by atoms with Crippen LogP contribution in [0.1, 0.15) is 25.0 Å². The number of piperidine rings is 1. The first kappa shape index (κ1) is 18.9. The molecule has 1 aliphatic heterocycles. The van der Waals surface area contributed by atoms with Gasteiger partial charge >= 0.3 is 0 Å². The molecule has 1 saturated heterocycles. The standard InChI is InChI=1S/C20H20ClN3O3/c1-26-18-7-5-15(21)12-17(18)23-20(25)14(13-22)11-16-6-8-19(27-16)24-9-3-2-4-10-24/h5-8,11-12H,2-4,9-10H2,1H3,(H,23,25). The molecule has 0 atom stereocenters. The Balaban J connectivity index is 1.76. The molecule has 7 heteroatoms. The molecule has 1 aromatic carbocycles. The molecule has 0 unspecified atom stereocenters. The molecule has 1 fully saturated rings. The van der Waals surface area contributed by atoms with Crippen molar-refractivity contribution in [2.75, 3.05) is 30.4 Å². The van der Waals surface area contributed by atoms with E-state index in [9.17, 15) is 10.1 Å². The molecule has 2 aromatic rings. The van der Waals surface area contributed by atoms with Gasteiger partial charge in [0.15, 0.2) is 5.88 Å². The minimum atomic E-state index is -0.561. The van der Waals surface area contributed by atoms with Gasteiger partial charge < -0.3 is 19.4 Å². The van der Waals surface area contributed by atoms with Crippen molar-refractivity contribution in [3.63, 3.8) is 0 Å². The number of carbonyl (C=O) groups is 1. The molecule has 0 aliphatic carbocycles. The van der Waals surface area contributed by atoms with Gasteiger partial charge in [-0.1, -0.05) is 11.6 Å². The number of furan rings is 1. The molecular formula is C20H20ClN3O3. The molecule has 0 saturated carbocycles. The van der Waals surface area contributed by atoms with Gasteiger partial charge in [0.25, 0.3) is 5.91 Å². The fourth-order valence-electron chi connectivity index (χ4n) is 2.96. The highest BCUT2D eigenvalue weighted by Crippen LogP contribution is 2.28. The highest BCUT2D eigenvalue weighted by molar-refractivity contribution is 6.31. The first-order chi connectivity index (χ1) is 13.1. The van der Waals surface area contributed by atoms with E-state index in [1.807, 2.05) is 12.1 Å². The molecule has 140 valence electrons. The third kappa shape index (κ3) is 4.63. The highest BCUT2D eigenvalue weighted by atomic mass is 35.5. The van der Waals surface area contributed by atoms with E-state index >= 15 is 0 Å². The fraction of sp³-hybridized carbons (Fsp3) is 0.300. The summed E-state index contributed by atoms with van der Waals surface area (Å²) in [6.45, 7) is 1.91. The van der Waals surface area contributed by atoms with Crippen molar-refractivity contribution in [3.8, 4) is 11.8 Å². The molecule has 1 amide bonds. The van der Waals surface area contributed by atoms with E-state index in [0.29, 0.717) is 22.2 Å². The van der Waals surface area contributed by atoms with E-state index in [1.165, 1.54) is 19.6 Å². The topological polar surface area (TPSA) is 78.5 Å². The van der Waals surface area contributed by atoms with Gasteiger partial charge in [-0.15, -0.1) is 0 Å². The van der Waals surface area contributed by atoms with Crippen LogP contribution in [0.25, 0.3) is 6.08 Å². The van der Waals surface area contributed by atoms with Gasteiger partial charge in [0.05, 0.1) is 12.8 Å². The number of nitrogens with one attached hydrogen (secondary N) is 1. The van der Waals surface area contributed by atoms with Crippen molar-refractivity contribution in [2.45, 2.75) is 19.3 Å². The second-order valence-electron chi connectivity index (χ2n) is 6.19. The monoisotopic (exact) mass is 385 g/mol. The largest absolute Gasteiger partial charge is 0.495 e. The number of amides is 1. The van der Waals surface area contributed by atoms with Gasteiger partial charge in [0.1, 0.15) is 23.2 Å². The van der Waals surface area contributed by atoms with Crippen LogP contribution in [-0.2, 0) is 4.79 Å². The molecule has 27 heavy (non-hydrogen) atoms.